The minimum Gasteiger partial charge on any atom is -0.368 e. The third kappa shape index (κ3) is 4.75. The number of rotatable bonds is 5. The van der Waals surface area contributed by atoms with Gasteiger partial charge in [0.15, 0.2) is 5.82 Å². The maximum Gasteiger partial charge on any atom is 0.262 e. The molecule has 2 aromatic carbocycles. The van der Waals surface area contributed by atoms with Crippen LogP contribution in [-0.2, 0) is 15.4 Å². The van der Waals surface area contributed by atoms with Crippen molar-refractivity contribution in [3.63, 3.8) is 0 Å². The normalized spacial score (nSPS) is 12.0. The van der Waals surface area contributed by atoms with Gasteiger partial charge in [-0.05, 0) is 36.4 Å². The molecular formula is C23H21F2N5O2S2. The molecule has 0 atom stereocenters. The van der Waals surface area contributed by atoms with Crippen LogP contribution >= 0.6 is 11.3 Å². The van der Waals surface area contributed by atoms with Gasteiger partial charge in [-0.25, -0.2) is 32.2 Å². The smallest absolute Gasteiger partial charge is 0.262 e. The molecule has 0 fully saturated rings. The summed E-state index contributed by atoms with van der Waals surface area (Å²) in [5.74, 6) is -1.48. The maximum atomic E-state index is 15.7. The van der Waals surface area contributed by atoms with E-state index in [4.69, 9.17) is 5.73 Å². The second kappa shape index (κ2) is 8.73. The molecule has 4 aromatic rings. The molecule has 0 bridgehead atoms. The lowest BCUT2D eigenvalue weighted by Gasteiger charge is -2.13. The van der Waals surface area contributed by atoms with Crippen LogP contribution in [-0.4, -0.2) is 23.4 Å². The van der Waals surface area contributed by atoms with E-state index < -0.39 is 21.7 Å². The standard InChI is InChI=1S/C23H21F2N5O2S2/c1-23(2,3)21-29-19(20(33-21)17-10-11-27-22(26)28-17)15-8-5-9-16(18(15)25)30-34(31,32)14-7-4-6-13(24)12-14/h4-12,30H,1-3H3,(H2,26,27,28). The second-order valence-electron chi connectivity index (χ2n) is 8.48. The van der Waals surface area contributed by atoms with Crippen LogP contribution in [0, 0.1) is 11.6 Å². The molecule has 0 unspecified atom stereocenters. The Bertz CT molecular complexity index is 1480. The number of nitrogens with two attached hydrogens (primary N) is 1. The van der Waals surface area contributed by atoms with Crippen LogP contribution in [0.5, 0.6) is 0 Å². The Morgan fingerprint density at radius 2 is 1.76 bits per heavy atom. The minimum absolute atomic E-state index is 0.0613. The highest BCUT2D eigenvalue weighted by Crippen LogP contribution is 2.41. The lowest BCUT2D eigenvalue weighted by Crippen LogP contribution is -2.14. The maximum absolute atomic E-state index is 15.7. The van der Waals surface area contributed by atoms with Crippen LogP contribution in [0.1, 0.15) is 25.8 Å². The van der Waals surface area contributed by atoms with E-state index in [9.17, 15) is 12.8 Å². The van der Waals surface area contributed by atoms with E-state index in [1.165, 1.54) is 47.9 Å². The van der Waals surface area contributed by atoms with Crippen molar-refractivity contribution in [2.45, 2.75) is 31.1 Å². The topological polar surface area (TPSA) is 111 Å². The summed E-state index contributed by atoms with van der Waals surface area (Å²) in [5, 5.41) is 0.736. The zero-order valence-electron chi connectivity index (χ0n) is 18.5. The molecule has 0 aliphatic carbocycles. The first kappa shape index (κ1) is 23.7. The molecule has 0 saturated heterocycles. The molecular weight excluding hydrogens is 480 g/mol. The number of nitrogens with one attached hydrogen (secondary N) is 1. The first-order valence-electron chi connectivity index (χ1n) is 10.1. The Morgan fingerprint density at radius 3 is 2.44 bits per heavy atom. The summed E-state index contributed by atoms with van der Waals surface area (Å²) in [5.41, 5.74) is 5.99. The number of sulfonamides is 1. The van der Waals surface area contributed by atoms with Crippen molar-refractivity contribution >= 4 is 33.0 Å². The van der Waals surface area contributed by atoms with Crippen molar-refractivity contribution in [3.8, 4) is 21.8 Å². The van der Waals surface area contributed by atoms with E-state index in [0.717, 1.165) is 17.1 Å². The number of aromatic nitrogens is 3. The highest BCUT2D eigenvalue weighted by molar-refractivity contribution is 7.92. The van der Waals surface area contributed by atoms with E-state index >= 15 is 4.39 Å². The molecule has 7 nitrogen and oxygen atoms in total. The fraction of sp³-hybridized carbons (Fsp3) is 0.174. The summed E-state index contributed by atoms with van der Waals surface area (Å²) in [4.78, 5) is 13.1. The van der Waals surface area contributed by atoms with Gasteiger partial charge in [0.25, 0.3) is 10.0 Å². The quantitative estimate of drug-likeness (QED) is 0.388. The third-order valence-corrected chi connectivity index (χ3v) is 7.65. The van der Waals surface area contributed by atoms with Crippen molar-refractivity contribution in [3.05, 3.63) is 71.4 Å². The van der Waals surface area contributed by atoms with Crippen LogP contribution in [0.2, 0.25) is 0 Å². The lowest BCUT2D eigenvalue weighted by atomic mass is 9.98. The van der Waals surface area contributed by atoms with Gasteiger partial charge in [0, 0.05) is 17.2 Å². The zero-order chi connectivity index (χ0) is 24.7. The summed E-state index contributed by atoms with van der Waals surface area (Å²) >= 11 is 1.35. The van der Waals surface area contributed by atoms with Gasteiger partial charge in [0.2, 0.25) is 5.95 Å². The van der Waals surface area contributed by atoms with Gasteiger partial charge in [-0.2, -0.15) is 0 Å². The molecule has 2 heterocycles. The number of hydrogen-bond acceptors (Lipinski definition) is 7. The summed E-state index contributed by atoms with van der Waals surface area (Å²) in [6.45, 7) is 5.94. The molecule has 2 aromatic heterocycles. The van der Waals surface area contributed by atoms with Crippen molar-refractivity contribution in [2.24, 2.45) is 0 Å². The molecule has 4 rings (SSSR count). The summed E-state index contributed by atoms with van der Waals surface area (Å²) in [7, 11) is -4.23. The van der Waals surface area contributed by atoms with Gasteiger partial charge in [-0.3, -0.25) is 4.72 Å². The van der Waals surface area contributed by atoms with Gasteiger partial charge < -0.3 is 5.73 Å². The Kier molecular flexibility index (Phi) is 6.09. The SMILES string of the molecule is CC(C)(C)c1nc(-c2cccc(NS(=O)(=O)c3cccc(F)c3)c2F)c(-c2ccnc(N)n2)s1. The third-order valence-electron chi connectivity index (χ3n) is 4.78. The van der Waals surface area contributed by atoms with Crippen molar-refractivity contribution < 1.29 is 17.2 Å². The predicted molar refractivity (Wildman–Crippen MR) is 129 cm³/mol. The molecule has 11 heteroatoms. The monoisotopic (exact) mass is 501 g/mol. The number of nitrogens with zero attached hydrogens (tertiary/aromatic N) is 3. The Morgan fingerprint density at radius 1 is 1.03 bits per heavy atom. The van der Waals surface area contributed by atoms with E-state index in [2.05, 4.69) is 19.7 Å². The lowest BCUT2D eigenvalue weighted by molar-refractivity contribution is 0.585. The number of thiazole rings is 1. The average molecular weight is 502 g/mol. The number of nitrogen functional groups attached to an aromatic ring is 1. The van der Waals surface area contributed by atoms with Crippen LogP contribution < -0.4 is 10.5 Å². The molecule has 0 aliphatic heterocycles. The van der Waals surface area contributed by atoms with Crippen LogP contribution in [0.4, 0.5) is 20.4 Å². The Balaban J connectivity index is 1.83. The van der Waals surface area contributed by atoms with Gasteiger partial charge in [-0.15, -0.1) is 11.3 Å². The molecule has 0 amide bonds. The largest absolute Gasteiger partial charge is 0.368 e. The van der Waals surface area contributed by atoms with E-state index in [0.29, 0.717) is 16.3 Å². The minimum atomic E-state index is -4.23. The fourth-order valence-electron chi connectivity index (χ4n) is 3.13. The molecule has 3 N–H and O–H groups in total. The fourth-order valence-corrected chi connectivity index (χ4v) is 5.33. The van der Waals surface area contributed by atoms with Crippen molar-refractivity contribution in [1.29, 1.82) is 0 Å². The van der Waals surface area contributed by atoms with Gasteiger partial charge in [0.05, 0.1) is 31.9 Å². The first-order chi connectivity index (χ1) is 16.0. The molecule has 176 valence electrons. The highest BCUT2D eigenvalue weighted by Gasteiger charge is 2.26. The van der Waals surface area contributed by atoms with Crippen molar-refractivity contribution in [2.75, 3.05) is 10.5 Å². The molecule has 0 saturated carbocycles. The van der Waals surface area contributed by atoms with Gasteiger partial charge >= 0.3 is 0 Å². The number of halogens is 2. The van der Waals surface area contributed by atoms with Crippen LogP contribution in [0.3, 0.4) is 0 Å². The highest BCUT2D eigenvalue weighted by atomic mass is 32.2. The second-order valence-corrected chi connectivity index (χ2v) is 11.2. The Hall–Kier alpha value is -3.44. The predicted octanol–water partition coefficient (Wildman–Crippen LogP) is 5.23. The van der Waals surface area contributed by atoms with E-state index in [-0.39, 0.29) is 27.5 Å². The zero-order valence-corrected chi connectivity index (χ0v) is 20.1. The number of hydrogen-bond donors (Lipinski definition) is 2. The Labute approximate surface area is 199 Å². The van der Waals surface area contributed by atoms with E-state index in [1.807, 2.05) is 20.8 Å². The number of benzene rings is 2. The molecule has 34 heavy (non-hydrogen) atoms. The first-order valence-corrected chi connectivity index (χ1v) is 12.4. The summed E-state index contributed by atoms with van der Waals surface area (Å²) < 4.78 is 56.9. The van der Waals surface area contributed by atoms with Gasteiger partial charge in [0.1, 0.15) is 5.82 Å². The number of anilines is 2. The molecule has 0 aliphatic rings. The molecule has 0 radical (unpaired) electrons. The molecule has 0 spiro atoms. The van der Waals surface area contributed by atoms with Crippen LogP contribution in [0.25, 0.3) is 21.8 Å². The average Bonchev–Trinajstić information content (AvgIpc) is 3.21. The summed E-state index contributed by atoms with van der Waals surface area (Å²) in [6, 6.07) is 10.4. The van der Waals surface area contributed by atoms with E-state index in [1.54, 1.807) is 6.07 Å². The van der Waals surface area contributed by atoms with Crippen LogP contribution in [0.15, 0.2) is 59.6 Å². The summed E-state index contributed by atoms with van der Waals surface area (Å²) in [6.07, 6.45) is 1.50. The van der Waals surface area contributed by atoms with Crippen molar-refractivity contribution in [1.82, 2.24) is 15.0 Å². The van der Waals surface area contributed by atoms with Gasteiger partial charge in [-0.1, -0.05) is 32.9 Å².